The van der Waals surface area contributed by atoms with Crippen LogP contribution in [0.3, 0.4) is 0 Å². The van der Waals surface area contributed by atoms with Crippen LogP contribution in [0.15, 0.2) is 18.2 Å². The number of carbonyl (C=O) groups excluding carboxylic acids is 1. The topological polar surface area (TPSA) is 113 Å². The molecule has 10 heteroatoms. The Hall–Kier alpha value is -2.65. The van der Waals surface area contributed by atoms with Crippen LogP contribution in [-0.2, 0) is 15.5 Å². The molecule has 20 heavy (non-hydrogen) atoms. The van der Waals surface area contributed by atoms with E-state index < -0.39 is 38.7 Å². The van der Waals surface area contributed by atoms with Crippen molar-refractivity contribution in [3.63, 3.8) is 0 Å². The fourth-order valence-corrected chi connectivity index (χ4v) is 1.33. The van der Waals surface area contributed by atoms with Gasteiger partial charge < -0.3 is 4.74 Å². The maximum atomic E-state index is 13.7. The number of nitrogens with zero attached hydrogens (tertiary/aromatic N) is 2. The molecule has 1 aromatic carbocycles. The molecular weight excluding hydrogens is 282 g/mol. The number of non-ortho nitro benzene ring substituents is 2. The van der Waals surface area contributed by atoms with Crippen molar-refractivity contribution >= 4 is 17.3 Å². The molecule has 0 bridgehead atoms. The van der Waals surface area contributed by atoms with Crippen molar-refractivity contribution in [2.24, 2.45) is 0 Å². The number of benzene rings is 1. The maximum Gasteiger partial charge on any atom is 0.381 e. The maximum absolute atomic E-state index is 13.7. The minimum absolute atomic E-state index is 0.328. The molecule has 0 amide bonds. The first-order valence-electron chi connectivity index (χ1n) is 5.19. The second-order valence-electron chi connectivity index (χ2n) is 3.55. The number of halogens is 2. The largest absolute Gasteiger partial charge is 0.461 e. The summed E-state index contributed by atoms with van der Waals surface area (Å²) in [6.07, 6.45) is 0. The van der Waals surface area contributed by atoms with Crippen molar-refractivity contribution in [3.05, 3.63) is 44.0 Å². The summed E-state index contributed by atoms with van der Waals surface area (Å²) < 4.78 is 31.5. The molecule has 8 nitrogen and oxygen atoms in total. The zero-order valence-corrected chi connectivity index (χ0v) is 10.0. The molecule has 0 aliphatic rings. The van der Waals surface area contributed by atoms with E-state index in [1.807, 2.05) is 0 Å². The van der Waals surface area contributed by atoms with Gasteiger partial charge in [-0.1, -0.05) is 0 Å². The molecule has 1 aromatic rings. The minimum Gasteiger partial charge on any atom is -0.461 e. The Balaban J connectivity index is 3.39. The van der Waals surface area contributed by atoms with Crippen LogP contribution in [0.2, 0.25) is 0 Å². The number of alkyl halides is 2. The Labute approximate surface area is 110 Å². The second-order valence-corrected chi connectivity index (χ2v) is 3.55. The monoisotopic (exact) mass is 290 g/mol. The van der Waals surface area contributed by atoms with Crippen LogP contribution in [0.25, 0.3) is 0 Å². The van der Waals surface area contributed by atoms with Crippen LogP contribution >= 0.6 is 0 Å². The molecule has 0 unspecified atom stereocenters. The van der Waals surface area contributed by atoms with E-state index in [4.69, 9.17) is 0 Å². The van der Waals surface area contributed by atoms with E-state index in [9.17, 15) is 33.8 Å². The van der Waals surface area contributed by atoms with Crippen LogP contribution in [0.5, 0.6) is 0 Å². The lowest BCUT2D eigenvalue weighted by Crippen LogP contribution is -2.28. The van der Waals surface area contributed by atoms with Crippen molar-refractivity contribution in [2.75, 3.05) is 6.61 Å². The molecule has 0 spiro atoms. The van der Waals surface area contributed by atoms with E-state index in [1.54, 1.807) is 0 Å². The highest BCUT2D eigenvalue weighted by Gasteiger charge is 2.44. The standard InChI is InChI=1S/C10H8F2N2O6/c1-2-20-9(15)10(11,12)6-3-7(13(16)17)5-8(4-6)14(18)19/h3-5H,2H2,1H3. The zero-order valence-electron chi connectivity index (χ0n) is 10.0. The highest BCUT2D eigenvalue weighted by molar-refractivity contribution is 5.80. The predicted molar refractivity (Wildman–Crippen MR) is 60.3 cm³/mol. The molecular formula is C10H8F2N2O6. The van der Waals surface area contributed by atoms with Gasteiger partial charge in [-0.25, -0.2) is 4.79 Å². The van der Waals surface area contributed by atoms with Crippen LogP contribution in [-0.4, -0.2) is 22.4 Å². The summed E-state index contributed by atoms with van der Waals surface area (Å²) in [6.45, 7) is 0.968. The zero-order chi connectivity index (χ0) is 15.5. The smallest absolute Gasteiger partial charge is 0.381 e. The summed E-state index contributed by atoms with van der Waals surface area (Å²) in [5, 5.41) is 21.1. The van der Waals surface area contributed by atoms with Gasteiger partial charge in [0.2, 0.25) is 0 Å². The molecule has 0 heterocycles. The van der Waals surface area contributed by atoms with Gasteiger partial charge in [0, 0.05) is 17.7 Å². The van der Waals surface area contributed by atoms with Crippen LogP contribution < -0.4 is 0 Å². The summed E-state index contributed by atoms with van der Waals surface area (Å²) in [4.78, 5) is 30.1. The number of hydrogen-bond donors (Lipinski definition) is 0. The molecule has 0 saturated carbocycles. The van der Waals surface area contributed by atoms with Crippen molar-refractivity contribution in [1.29, 1.82) is 0 Å². The summed E-state index contributed by atoms with van der Waals surface area (Å²) in [5.74, 6) is -6.15. The summed E-state index contributed by atoms with van der Waals surface area (Å²) in [5.41, 5.74) is -3.01. The van der Waals surface area contributed by atoms with Gasteiger partial charge in [0.25, 0.3) is 11.4 Å². The number of nitro benzene ring substituents is 2. The Morgan fingerprint density at radius 3 is 2.00 bits per heavy atom. The quantitative estimate of drug-likeness (QED) is 0.466. The van der Waals surface area contributed by atoms with Gasteiger partial charge in [-0.2, -0.15) is 8.78 Å². The van der Waals surface area contributed by atoms with E-state index in [2.05, 4.69) is 4.74 Å². The van der Waals surface area contributed by atoms with Gasteiger partial charge >= 0.3 is 11.9 Å². The normalized spacial score (nSPS) is 10.9. The van der Waals surface area contributed by atoms with Gasteiger partial charge in [-0.05, 0) is 6.92 Å². The van der Waals surface area contributed by atoms with Gasteiger partial charge in [0.05, 0.1) is 22.5 Å². The molecule has 0 aromatic heterocycles. The Bertz CT molecular complexity index is 543. The second kappa shape index (κ2) is 5.55. The fourth-order valence-electron chi connectivity index (χ4n) is 1.33. The first kappa shape index (κ1) is 15.4. The number of rotatable bonds is 5. The lowest BCUT2D eigenvalue weighted by molar-refractivity contribution is -0.394. The number of hydrogen-bond acceptors (Lipinski definition) is 6. The summed E-state index contributed by atoms with van der Waals surface area (Å²) >= 11 is 0. The Morgan fingerprint density at radius 1 is 1.20 bits per heavy atom. The fraction of sp³-hybridized carbons (Fsp3) is 0.300. The van der Waals surface area contributed by atoms with Gasteiger partial charge in [-0.15, -0.1) is 0 Å². The lowest BCUT2D eigenvalue weighted by atomic mass is 10.1. The van der Waals surface area contributed by atoms with Crippen molar-refractivity contribution in [2.45, 2.75) is 12.8 Å². The van der Waals surface area contributed by atoms with Crippen LogP contribution in [0.1, 0.15) is 12.5 Å². The Morgan fingerprint density at radius 2 is 1.65 bits per heavy atom. The highest BCUT2D eigenvalue weighted by Crippen LogP contribution is 2.34. The van der Waals surface area contributed by atoms with E-state index in [0.29, 0.717) is 18.2 Å². The summed E-state index contributed by atoms with van der Waals surface area (Å²) in [6, 6.07) is 1.30. The van der Waals surface area contributed by atoms with E-state index in [-0.39, 0.29) is 6.61 Å². The molecule has 1 rings (SSSR count). The van der Waals surface area contributed by atoms with Crippen molar-refractivity contribution in [1.82, 2.24) is 0 Å². The Kier molecular flexibility index (Phi) is 4.27. The molecule has 0 aliphatic carbocycles. The number of nitro groups is 2. The van der Waals surface area contributed by atoms with Gasteiger partial charge in [0.15, 0.2) is 0 Å². The molecule has 108 valence electrons. The van der Waals surface area contributed by atoms with E-state index in [1.165, 1.54) is 6.92 Å². The third-order valence-corrected chi connectivity index (χ3v) is 2.22. The highest BCUT2D eigenvalue weighted by atomic mass is 19.3. The first-order chi connectivity index (χ1) is 9.20. The average molecular weight is 290 g/mol. The van der Waals surface area contributed by atoms with E-state index in [0.717, 1.165) is 0 Å². The SMILES string of the molecule is CCOC(=O)C(F)(F)c1cc([N+](=O)[O-])cc([N+](=O)[O-])c1. The number of carbonyl (C=O) groups is 1. The molecule has 0 atom stereocenters. The predicted octanol–water partition coefficient (Wildman–Crippen LogP) is 2.16. The summed E-state index contributed by atoms with van der Waals surface area (Å²) in [7, 11) is 0. The third-order valence-electron chi connectivity index (χ3n) is 2.22. The van der Waals surface area contributed by atoms with Gasteiger partial charge in [-0.3, -0.25) is 20.2 Å². The van der Waals surface area contributed by atoms with Gasteiger partial charge in [0.1, 0.15) is 0 Å². The number of ether oxygens (including phenoxy) is 1. The lowest BCUT2D eigenvalue weighted by Gasteiger charge is -2.14. The van der Waals surface area contributed by atoms with Crippen molar-refractivity contribution in [3.8, 4) is 0 Å². The van der Waals surface area contributed by atoms with Crippen LogP contribution in [0.4, 0.5) is 20.2 Å². The minimum atomic E-state index is -4.22. The molecule has 0 saturated heterocycles. The van der Waals surface area contributed by atoms with E-state index >= 15 is 0 Å². The molecule has 0 aliphatic heterocycles. The third kappa shape index (κ3) is 3.02. The molecule has 0 radical (unpaired) electrons. The van der Waals surface area contributed by atoms with Crippen molar-refractivity contribution < 1.29 is 28.2 Å². The molecule has 0 N–H and O–H groups in total. The first-order valence-corrected chi connectivity index (χ1v) is 5.19. The molecule has 0 fully saturated rings. The number of esters is 1. The average Bonchev–Trinajstić information content (AvgIpc) is 2.38. The van der Waals surface area contributed by atoms with Crippen LogP contribution in [0, 0.1) is 20.2 Å².